The van der Waals surface area contributed by atoms with Crippen molar-refractivity contribution in [2.75, 3.05) is 43.0 Å². The molecule has 6 rings (SSSR count). The smallest absolute Gasteiger partial charge is 0.230 e. The lowest BCUT2D eigenvalue weighted by molar-refractivity contribution is -0.119. The molecule has 0 spiro atoms. The summed E-state index contributed by atoms with van der Waals surface area (Å²) in [6, 6.07) is 15.7. The molecule has 3 atom stereocenters. The summed E-state index contributed by atoms with van der Waals surface area (Å²) in [5, 5.41) is 1.25. The number of amides is 1. The summed E-state index contributed by atoms with van der Waals surface area (Å²) in [6.07, 6.45) is 2.09. The van der Waals surface area contributed by atoms with Crippen LogP contribution in [-0.4, -0.2) is 55.1 Å². The van der Waals surface area contributed by atoms with Gasteiger partial charge in [-0.25, -0.2) is 0 Å². The van der Waals surface area contributed by atoms with Crippen LogP contribution in [0.3, 0.4) is 0 Å². The van der Waals surface area contributed by atoms with Gasteiger partial charge in [0.1, 0.15) is 0 Å². The van der Waals surface area contributed by atoms with Gasteiger partial charge >= 0.3 is 0 Å². The molecule has 3 heterocycles. The van der Waals surface area contributed by atoms with E-state index in [1.165, 1.54) is 27.8 Å². The van der Waals surface area contributed by atoms with E-state index < -0.39 is 0 Å². The first-order chi connectivity index (χ1) is 16.4. The number of hydrogen-bond donors (Lipinski definition) is 0. The van der Waals surface area contributed by atoms with Gasteiger partial charge in [0.2, 0.25) is 5.91 Å². The van der Waals surface area contributed by atoms with Crippen LogP contribution < -0.4 is 9.80 Å². The summed E-state index contributed by atoms with van der Waals surface area (Å²) in [7, 11) is 1.94. The minimum atomic E-state index is 0. The summed E-state index contributed by atoms with van der Waals surface area (Å²) in [5.74, 6) is 0.974. The number of piperazine rings is 1. The van der Waals surface area contributed by atoms with Crippen molar-refractivity contribution in [3.05, 3.63) is 64.8 Å². The highest BCUT2D eigenvalue weighted by molar-refractivity contribution is 6.01. The van der Waals surface area contributed by atoms with Crippen molar-refractivity contribution in [1.82, 2.24) is 9.88 Å². The molecule has 2 aliphatic heterocycles. The number of rotatable bonds is 4. The SMILES string of the molecule is Cc1ccc2c(N3CCN(CCc4c(C)ccc5c4C4CC4C(=O)N5C)[C@@H](C)C3)cccc2n1.Cl.Cl. The minimum Gasteiger partial charge on any atom is -0.368 e. The monoisotopic (exact) mass is 526 g/mol. The van der Waals surface area contributed by atoms with Gasteiger partial charge in [0, 0.05) is 67.6 Å². The van der Waals surface area contributed by atoms with Gasteiger partial charge in [-0.05, 0) is 86.6 Å². The fourth-order valence-electron chi connectivity index (χ4n) is 6.27. The number of benzene rings is 2. The molecule has 7 heteroatoms. The third-order valence-electron chi connectivity index (χ3n) is 8.34. The lowest BCUT2D eigenvalue weighted by Crippen LogP contribution is -2.52. The molecule has 1 aromatic heterocycles. The van der Waals surface area contributed by atoms with E-state index in [0.717, 1.165) is 55.9 Å². The van der Waals surface area contributed by atoms with Gasteiger partial charge in [0.15, 0.2) is 0 Å². The molecular formula is C29H36Cl2N4O. The zero-order valence-corrected chi connectivity index (χ0v) is 23.2. The number of halogens is 2. The van der Waals surface area contributed by atoms with Crippen molar-refractivity contribution in [1.29, 1.82) is 0 Å². The Balaban J connectivity index is 0.00000152. The number of hydrogen-bond acceptors (Lipinski definition) is 4. The maximum absolute atomic E-state index is 12.5. The summed E-state index contributed by atoms with van der Waals surface area (Å²) in [4.78, 5) is 24.3. The average molecular weight is 528 g/mol. The summed E-state index contributed by atoms with van der Waals surface area (Å²) < 4.78 is 0. The van der Waals surface area contributed by atoms with Crippen molar-refractivity contribution in [2.45, 2.75) is 45.6 Å². The van der Waals surface area contributed by atoms with Crippen LogP contribution in [-0.2, 0) is 11.2 Å². The number of carbonyl (C=O) groups excluding carboxylic acids is 1. The largest absolute Gasteiger partial charge is 0.368 e. The first-order valence-corrected chi connectivity index (χ1v) is 12.7. The van der Waals surface area contributed by atoms with Crippen LogP contribution >= 0.6 is 24.8 Å². The van der Waals surface area contributed by atoms with Gasteiger partial charge in [0.05, 0.1) is 5.52 Å². The Morgan fingerprint density at radius 3 is 2.56 bits per heavy atom. The summed E-state index contributed by atoms with van der Waals surface area (Å²) in [6.45, 7) is 10.8. The Morgan fingerprint density at radius 2 is 1.78 bits per heavy atom. The van der Waals surface area contributed by atoms with Crippen LogP contribution in [0.2, 0.25) is 0 Å². The first-order valence-electron chi connectivity index (χ1n) is 12.7. The molecule has 0 bridgehead atoms. The molecule has 0 N–H and O–H groups in total. The molecular weight excluding hydrogens is 491 g/mol. The zero-order chi connectivity index (χ0) is 23.6. The molecule has 0 radical (unpaired) electrons. The van der Waals surface area contributed by atoms with Crippen LogP contribution in [0.5, 0.6) is 0 Å². The molecule has 1 aliphatic carbocycles. The molecule has 3 aliphatic rings. The lowest BCUT2D eigenvalue weighted by atomic mass is 9.90. The number of anilines is 2. The van der Waals surface area contributed by atoms with Crippen molar-refractivity contribution >= 4 is 53.0 Å². The Kier molecular flexibility index (Phi) is 7.57. The lowest BCUT2D eigenvalue weighted by Gasteiger charge is -2.41. The van der Waals surface area contributed by atoms with Crippen LogP contribution in [0.4, 0.5) is 11.4 Å². The van der Waals surface area contributed by atoms with E-state index >= 15 is 0 Å². The highest BCUT2D eigenvalue weighted by Gasteiger charge is 2.51. The highest BCUT2D eigenvalue weighted by Crippen LogP contribution is 2.56. The van der Waals surface area contributed by atoms with E-state index in [4.69, 9.17) is 4.98 Å². The van der Waals surface area contributed by atoms with E-state index in [1.807, 2.05) is 11.9 Å². The van der Waals surface area contributed by atoms with Crippen LogP contribution in [0.25, 0.3) is 10.9 Å². The molecule has 2 fully saturated rings. The van der Waals surface area contributed by atoms with E-state index in [-0.39, 0.29) is 30.7 Å². The van der Waals surface area contributed by atoms with E-state index in [9.17, 15) is 4.79 Å². The van der Waals surface area contributed by atoms with Gasteiger partial charge in [-0.2, -0.15) is 0 Å². The molecule has 1 amide bonds. The molecule has 1 saturated carbocycles. The van der Waals surface area contributed by atoms with Crippen LogP contribution in [0.1, 0.15) is 41.6 Å². The van der Waals surface area contributed by atoms with Gasteiger partial charge in [-0.1, -0.05) is 12.1 Å². The molecule has 192 valence electrons. The third-order valence-corrected chi connectivity index (χ3v) is 8.34. The average Bonchev–Trinajstić information content (AvgIpc) is 3.63. The number of aryl methyl sites for hydroxylation is 2. The number of carbonyl (C=O) groups is 1. The Bertz CT molecular complexity index is 1300. The third kappa shape index (κ3) is 4.46. The summed E-state index contributed by atoms with van der Waals surface area (Å²) in [5.41, 5.74) is 8.90. The van der Waals surface area contributed by atoms with E-state index in [1.54, 1.807) is 0 Å². The normalized spacial score (nSPS) is 23.0. The molecule has 36 heavy (non-hydrogen) atoms. The Labute approximate surface area is 226 Å². The first kappa shape index (κ1) is 26.7. The van der Waals surface area contributed by atoms with Crippen molar-refractivity contribution < 1.29 is 4.79 Å². The maximum atomic E-state index is 12.5. The van der Waals surface area contributed by atoms with Crippen molar-refractivity contribution in [3.63, 3.8) is 0 Å². The van der Waals surface area contributed by atoms with Gasteiger partial charge in [0.25, 0.3) is 0 Å². The van der Waals surface area contributed by atoms with E-state index in [0.29, 0.717) is 17.9 Å². The number of nitrogens with zero attached hydrogens (tertiary/aromatic N) is 4. The quantitative estimate of drug-likeness (QED) is 0.448. The van der Waals surface area contributed by atoms with Crippen LogP contribution in [0.15, 0.2) is 42.5 Å². The maximum Gasteiger partial charge on any atom is 0.230 e. The van der Waals surface area contributed by atoms with Gasteiger partial charge in [-0.15, -0.1) is 24.8 Å². The number of pyridine rings is 1. The fourth-order valence-corrected chi connectivity index (χ4v) is 6.27. The van der Waals surface area contributed by atoms with Gasteiger partial charge < -0.3 is 9.80 Å². The Hall–Kier alpha value is -2.34. The predicted octanol–water partition coefficient (Wildman–Crippen LogP) is 5.53. The van der Waals surface area contributed by atoms with E-state index in [2.05, 4.69) is 73.0 Å². The minimum absolute atomic E-state index is 0. The van der Waals surface area contributed by atoms with Crippen molar-refractivity contribution in [2.24, 2.45) is 5.92 Å². The molecule has 2 unspecified atom stereocenters. The molecule has 1 saturated heterocycles. The molecule has 5 nitrogen and oxygen atoms in total. The molecule has 2 aromatic carbocycles. The second-order valence-electron chi connectivity index (χ2n) is 10.5. The topological polar surface area (TPSA) is 39.7 Å². The predicted molar refractivity (Wildman–Crippen MR) is 153 cm³/mol. The number of fused-ring (bicyclic) bond motifs is 4. The number of aromatic nitrogens is 1. The highest BCUT2D eigenvalue weighted by atomic mass is 35.5. The Morgan fingerprint density at radius 1 is 0.972 bits per heavy atom. The summed E-state index contributed by atoms with van der Waals surface area (Å²) >= 11 is 0. The van der Waals surface area contributed by atoms with Crippen molar-refractivity contribution in [3.8, 4) is 0 Å². The molecule has 3 aromatic rings. The zero-order valence-electron chi connectivity index (χ0n) is 21.5. The second-order valence-corrected chi connectivity index (χ2v) is 10.5. The standard InChI is InChI=1S/C29H34N4O.2ClH/c1-18-8-11-27-28(23-16-24(23)29(34)31(27)4)21(18)12-13-32-14-15-33(17-20(32)3)26-7-5-6-25-22(26)10-9-19(2)30-25;;/h5-11,20,23-24H,12-17H2,1-4H3;2*1H/t20-,23?,24?;;/m0../s1. The van der Waals surface area contributed by atoms with Crippen LogP contribution in [0, 0.1) is 19.8 Å². The fraction of sp³-hybridized carbons (Fsp3) is 0.448. The van der Waals surface area contributed by atoms with Gasteiger partial charge in [-0.3, -0.25) is 14.7 Å². The second kappa shape index (κ2) is 10.2.